The molecule has 5 aromatic carbocycles. The lowest BCUT2D eigenvalue weighted by Crippen LogP contribution is -2.34. The van der Waals surface area contributed by atoms with Gasteiger partial charge < -0.3 is 55.1 Å². The third-order valence-electron chi connectivity index (χ3n) is 8.19. The minimum absolute atomic E-state index is 0.0461. The lowest BCUT2D eigenvalue weighted by atomic mass is 9.93. The smallest absolute Gasteiger partial charge is 0.338 e. The second-order valence-corrected chi connectivity index (χ2v) is 11.6. The SMILES string of the molecule is O=C(O[C@@H]1Cc2c(O)cc(O)cc2O[C@@H]1c1ccc(O)c(O)c1)c1cc(O)c(O)c(O)c1.OC1Cc2ccccc2OC1c1ccccc1. The molecule has 2 aliphatic rings. The molecule has 0 aromatic heterocycles. The van der Waals surface area contributed by atoms with Crippen LogP contribution in [0.1, 0.15) is 44.8 Å². The van der Waals surface area contributed by atoms with E-state index in [1.165, 1.54) is 24.3 Å². The van der Waals surface area contributed by atoms with E-state index in [1.54, 1.807) is 0 Å². The second kappa shape index (κ2) is 13.5. The lowest BCUT2D eigenvalue weighted by Gasteiger charge is -2.34. The summed E-state index contributed by atoms with van der Waals surface area (Å²) in [6.45, 7) is 0. The zero-order valence-corrected chi connectivity index (χ0v) is 25.7. The number of fused-ring (bicyclic) bond motifs is 2. The predicted octanol–water partition coefficient (Wildman–Crippen LogP) is 5.25. The Morgan fingerprint density at radius 1 is 0.612 bits per heavy atom. The average molecular weight is 669 g/mol. The molecule has 49 heavy (non-hydrogen) atoms. The number of aliphatic hydroxyl groups is 1. The fraction of sp³-hybridized carbons (Fsp3) is 0.162. The summed E-state index contributed by atoms with van der Waals surface area (Å²) in [6, 6.07) is 25.8. The maximum Gasteiger partial charge on any atom is 0.338 e. The Morgan fingerprint density at radius 2 is 1.29 bits per heavy atom. The quantitative estimate of drug-likeness (QED) is 0.0913. The summed E-state index contributed by atoms with van der Waals surface area (Å²) in [7, 11) is 0. The number of carbonyl (C=O) groups is 1. The van der Waals surface area contributed by atoms with Crippen molar-refractivity contribution in [3.05, 3.63) is 125 Å². The van der Waals surface area contributed by atoms with Gasteiger partial charge in [-0.3, -0.25) is 0 Å². The zero-order chi connectivity index (χ0) is 34.8. The number of hydrogen-bond acceptors (Lipinski definition) is 12. The molecule has 2 aliphatic heterocycles. The molecule has 0 fully saturated rings. The minimum atomic E-state index is -1.06. The van der Waals surface area contributed by atoms with E-state index in [1.807, 2.05) is 54.6 Å². The lowest BCUT2D eigenvalue weighted by molar-refractivity contribution is -0.0189. The number of phenolic OH excluding ortho intramolecular Hbond substituents is 7. The van der Waals surface area contributed by atoms with Crippen molar-refractivity contribution in [1.82, 2.24) is 0 Å². The molecular weight excluding hydrogens is 636 g/mol. The highest BCUT2D eigenvalue weighted by molar-refractivity contribution is 5.91. The van der Waals surface area contributed by atoms with Crippen molar-refractivity contribution in [1.29, 1.82) is 0 Å². The van der Waals surface area contributed by atoms with Crippen LogP contribution in [-0.4, -0.2) is 59.0 Å². The second-order valence-electron chi connectivity index (χ2n) is 11.6. The van der Waals surface area contributed by atoms with Crippen molar-refractivity contribution >= 4 is 5.97 Å². The summed E-state index contributed by atoms with van der Waals surface area (Å²) < 4.78 is 17.3. The van der Waals surface area contributed by atoms with Crippen LogP contribution in [0.5, 0.6) is 51.7 Å². The minimum Gasteiger partial charge on any atom is -0.508 e. The van der Waals surface area contributed by atoms with Crippen molar-refractivity contribution in [3.63, 3.8) is 0 Å². The third kappa shape index (κ3) is 6.90. The number of para-hydroxylation sites is 1. The molecule has 0 radical (unpaired) electrons. The van der Waals surface area contributed by atoms with Crippen LogP contribution in [0, 0.1) is 0 Å². The van der Waals surface area contributed by atoms with Gasteiger partial charge in [0.05, 0.1) is 11.7 Å². The number of ether oxygens (including phenoxy) is 3. The van der Waals surface area contributed by atoms with Gasteiger partial charge in [0, 0.05) is 36.1 Å². The molecule has 2 heterocycles. The maximum absolute atomic E-state index is 12.7. The summed E-state index contributed by atoms with van der Waals surface area (Å²) in [4.78, 5) is 12.7. The van der Waals surface area contributed by atoms with Gasteiger partial charge >= 0.3 is 5.97 Å². The molecule has 0 spiro atoms. The number of benzene rings is 5. The number of phenols is 7. The van der Waals surface area contributed by atoms with Gasteiger partial charge in [-0.05, 0) is 41.5 Å². The van der Waals surface area contributed by atoms with Crippen molar-refractivity contribution in [2.24, 2.45) is 0 Å². The molecule has 7 rings (SSSR count). The number of aliphatic hydroxyl groups excluding tert-OH is 1. The van der Waals surface area contributed by atoms with E-state index in [0.717, 1.165) is 35.1 Å². The number of rotatable bonds is 4. The number of esters is 1. The van der Waals surface area contributed by atoms with E-state index in [4.69, 9.17) is 14.2 Å². The van der Waals surface area contributed by atoms with Crippen LogP contribution in [0.15, 0.2) is 97.1 Å². The average Bonchev–Trinajstić information content (AvgIpc) is 3.08. The van der Waals surface area contributed by atoms with Gasteiger partial charge in [-0.15, -0.1) is 0 Å². The molecule has 2 unspecified atom stereocenters. The van der Waals surface area contributed by atoms with Crippen LogP contribution in [0.4, 0.5) is 0 Å². The molecule has 12 nitrogen and oxygen atoms in total. The van der Waals surface area contributed by atoms with Crippen molar-refractivity contribution in [3.8, 4) is 51.7 Å². The Balaban J connectivity index is 0.000000205. The van der Waals surface area contributed by atoms with Crippen LogP contribution in [-0.2, 0) is 17.6 Å². The Morgan fingerprint density at radius 3 is 2.00 bits per heavy atom. The molecule has 0 bridgehead atoms. The predicted molar refractivity (Wildman–Crippen MR) is 173 cm³/mol. The highest BCUT2D eigenvalue weighted by atomic mass is 16.6. The number of carbonyl (C=O) groups excluding carboxylic acids is 1. The highest BCUT2D eigenvalue weighted by Gasteiger charge is 2.37. The first-order valence-corrected chi connectivity index (χ1v) is 15.2. The molecular formula is C37H32O12. The number of aromatic hydroxyl groups is 7. The first kappa shape index (κ1) is 32.7. The molecule has 0 saturated heterocycles. The Hall–Kier alpha value is -6.27. The van der Waals surface area contributed by atoms with Crippen LogP contribution in [0.2, 0.25) is 0 Å². The maximum atomic E-state index is 12.7. The summed E-state index contributed by atoms with van der Waals surface area (Å²) in [5.74, 6) is -3.55. The molecule has 252 valence electrons. The van der Waals surface area contributed by atoms with E-state index < -0.39 is 47.3 Å². The van der Waals surface area contributed by atoms with Crippen molar-refractivity contribution in [2.75, 3.05) is 0 Å². The Labute approximate surface area is 279 Å². The summed E-state index contributed by atoms with van der Waals surface area (Å²) in [5.41, 5.74) is 2.42. The largest absolute Gasteiger partial charge is 0.508 e. The normalized spacial score (nSPS) is 19.1. The third-order valence-corrected chi connectivity index (χ3v) is 8.19. The first-order valence-electron chi connectivity index (χ1n) is 15.2. The zero-order valence-electron chi connectivity index (χ0n) is 25.7. The summed E-state index contributed by atoms with van der Waals surface area (Å²) in [6.07, 6.45) is -2.21. The van der Waals surface area contributed by atoms with Gasteiger partial charge in [0.25, 0.3) is 0 Å². The van der Waals surface area contributed by atoms with E-state index in [0.29, 0.717) is 12.0 Å². The van der Waals surface area contributed by atoms with Crippen molar-refractivity contribution < 1.29 is 59.9 Å². The van der Waals surface area contributed by atoms with E-state index in [2.05, 4.69) is 0 Å². The van der Waals surface area contributed by atoms with Gasteiger partial charge in [0.15, 0.2) is 34.9 Å². The van der Waals surface area contributed by atoms with Crippen molar-refractivity contribution in [2.45, 2.75) is 37.3 Å². The highest BCUT2D eigenvalue weighted by Crippen LogP contribution is 2.44. The topological polar surface area (TPSA) is 207 Å². The van der Waals surface area contributed by atoms with Crippen LogP contribution in [0.25, 0.3) is 0 Å². The van der Waals surface area contributed by atoms with Crippen LogP contribution in [0.3, 0.4) is 0 Å². The number of hydrogen-bond donors (Lipinski definition) is 8. The molecule has 12 heteroatoms. The van der Waals surface area contributed by atoms with Gasteiger partial charge in [-0.25, -0.2) is 4.79 Å². The molecule has 0 saturated carbocycles. The van der Waals surface area contributed by atoms with Gasteiger partial charge in [0.1, 0.15) is 35.2 Å². The van der Waals surface area contributed by atoms with E-state index in [-0.39, 0.29) is 46.6 Å². The summed E-state index contributed by atoms with van der Waals surface area (Å²) in [5, 5.41) is 78.4. The van der Waals surface area contributed by atoms with Gasteiger partial charge in [-0.1, -0.05) is 54.6 Å². The fourth-order valence-electron chi connectivity index (χ4n) is 5.75. The van der Waals surface area contributed by atoms with Gasteiger partial charge in [-0.2, -0.15) is 0 Å². The molecule has 5 aromatic rings. The summed E-state index contributed by atoms with van der Waals surface area (Å²) >= 11 is 0. The van der Waals surface area contributed by atoms with Gasteiger partial charge in [0.2, 0.25) is 0 Å². The standard InChI is InChI=1S/C22H18O10.C15H14O2/c23-11-6-14(25)12-8-19(32-22(30)10-4-16(27)20(29)17(28)5-10)21(31-18(12)7-11)9-1-2-13(24)15(26)3-9;16-13-10-12-8-4-5-9-14(12)17-15(13)11-6-2-1-3-7-11/h1-7,19,21,23-29H,8H2;1-9,13,15-16H,10H2/t19-,21-;/m1./s1. The molecule has 0 aliphatic carbocycles. The van der Waals surface area contributed by atoms with E-state index >= 15 is 0 Å². The Kier molecular flexibility index (Phi) is 8.97. The first-order chi connectivity index (χ1) is 23.5. The molecule has 4 atom stereocenters. The molecule has 8 N–H and O–H groups in total. The van der Waals surface area contributed by atoms with Crippen LogP contribution >= 0.6 is 0 Å². The van der Waals surface area contributed by atoms with Crippen LogP contribution < -0.4 is 9.47 Å². The fourth-order valence-corrected chi connectivity index (χ4v) is 5.75. The van der Waals surface area contributed by atoms with E-state index in [9.17, 15) is 45.6 Å². The monoisotopic (exact) mass is 668 g/mol. The Bertz CT molecular complexity index is 1970. The molecule has 0 amide bonds.